The molecule has 0 radical (unpaired) electrons. The van der Waals surface area contributed by atoms with E-state index in [1.54, 1.807) is 12.1 Å². The van der Waals surface area contributed by atoms with Gasteiger partial charge in [-0.05, 0) is 30.6 Å². The van der Waals surface area contributed by atoms with Crippen LogP contribution in [0, 0.1) is 0 Å². The minimum Gasteiger partial charge on any atom is -0.480 e. The number of aliphatic carboxylic acids is 1. The van der Waals surface area contributed by atoms with Crippen LogP contribution >= 0.6 is 11.8 Å². The number of amides is 1. The van der Waals surface area contributed by atoms with Gasteiger partial charge in [0.2, 0.25) is 5.76 Å². The van der Waals surface area contributed by atoms with Crippen LogP contribution in [0.3, 0.4) is 0 Å². The third kappa shape index (κ3) is 3.88. The predicted molar refractivity (Wildman–Crippen MR) is 76.1 cm³/mol. The van der Waals surface area contributed by atoms with Crippen LogP contribution < -0.4 is 5.32 Å². The number of carboxylic acid groups (broad SMARTS) is 1. The van der Waals surface area contributed by atoms with Gasteiger partial charge in [0.25, 0.3) is 5.91 Å². The molecule has 0 aliphatic carbocycles. The molecule has 21 heavy (non-hydrogen) atoms. The molecule has 1 amide bonds. The van der Waals surface area contributed by atoms with Crippen molar-refractivity contribution in [3.63, 3.8) is 0 Å². The maximum absolute atomic E-state index is 12.0. The molecule has 2 aromatic heterocycles. The summed E-state index contributed by atoms with van der Waals surface area (Å²) in [5.74, 6) is -0.287. The second-order valence-corrected chi connectivity index (χ2v) is 5.19. The van der Waals surface area contributed by atoms with Crippen molar-refractivity contribution in [3.8, 4) is 11.5 Å². The first-order chi connectivity index (χ1) is 10.1. The molecule has 1 atom stereocenters. The van der Waals surface area contributed by atoms with E-state index in [1.807, 2.05) is 6.26 Å². The molecule has 0 saturated heterocycles. The number of hydrogen-bond donors (Lipinski definition) is 2. The average Bonchev–Trinajstić information content (AvgIpc) is 3.12. The van der Waals surface area contributed by atoms with Crippen LogP contribution in [0.5, 0.6) is 0 Å². The van der Waals surface area contributed by atoms with Crippen LogP contribution in [-0.4, -0.2) is 40.2 Å². The summed E-state index contributed by atoms with van der Waals surface area (Å²) in [6, 6.07) is 3.80. The highest BCUT2D eigenvalue weighted by atomic mass is 32.2. The molecule has 0 spiro atoms. The quantitative estimate of drug-likeness (QED) is 0.804. The van der Waals surface area contributed by atoms with E-state index in [1.165, 1.54) is 24.1 Å². The van der Waals surface area contributed by atoms with Gasteiger partial charge in [-0.3, -0.25) is 4.79 Å². The fourth-order valence-electron chi connectivity index (χ4n) is 1.64. The molecule has 7 nitrogen and oxygen atoms in total. The number of hydrogen-bond acceptors (Lipinski definition) is 6. The number of nitrogens with zero attached hydrogens (tertiary/aromatic N) is 1. The molecule has 2 aromatic rings. The van der Waals surface area contributed by atoms with E-state index in [9.17, 15) is 9.59 Å². The smallest absolute Gasteiger partial charge is 0.326 e. The molecule has 0 bridgehead atoms. The van der Waals surface area contributed by atoms with Crippen LogP contribution in [0.2, 0.25) is 0 Å². The Labute approximate surface area is 124 Å². The molecule has 2 heterocycles. The zero-order valence-corrected chi connectivity index (χ0v) is 12.1. The number of nitrogens with one attached hydrogen (secondary N) is 1. The Kier molecular flexibility index (Phi) is 5.04. The van der Waals surface area contributed by atoms with Crippen LogP contribution in [0.25, 0.3) is 11.5 Å². The Bertz CT molecular complexity index is 608. The van der Waals surface area contributed by atoms with Crippen molar-refractivity contribution < 1.29 is 23.6 Å². The van der Waals surface area contributed by atoms with Gasteiger partial charge in [0.1, 0.15) is 6.04 Å². The highest BCUT2D eigenvalue weighted by Crippen LogP contribution is 2.20. The minimum absolute atomic E-state index is 0.0109. The number of furan rings is 1. The Morgan fingerprint density at radius 1 is 1.48 bits per heavy atom. The predicted octanol–water partition coefficient (Wildman–Crippen LogP) is 1.87. The summed E-state index contributed by atoms with van der Waals surface area (Å²) in [5.41, 5.74) is 0.0109. The third-order valence-corrected chi connectivity index (χ3v) is 3.36. The average molecular weight is 310 g/mol. The van der Waals surface area contributed by atoms with Gasteiger partial charge >= 0.3 is 5.97 Å². The number of carbonyl (C=O) groups is 2. The van der Waals surface area contributed by atoms with Crippen molar-refractivity contribution >= 4 is 23.6 Å². The van der Waals surface area contributed by atoms with Crippen molar-refractivity contribution in [3.05, 3.63) is 30.2 Å². The van der Waals surface area contributed by atoms with Crippen LogP contribution in [0.4, 0.5) is 0 Å². The standard InChI is InChI=1S/C13H14N2O5S/c1-21-6-4-8(13(17)18)14-12(16)9-7-11(20-15-9)10-3-2-5-19-10/h2-3,5,7-8H,4,6H2,1H3,(H,14,16)(H,17,18)/t8-/m1/s1. The van der Waals surface area contributed by atoms with Crippen molar-refractivity contribution in [2.45, 2.75) is 12.5 Å². The van der Waals surface area contributed by atoms with E-state index in [0.717, 1.165) is 0 Å². The molecule has 0 aromatic carbocycles. The van der Waals surface area contributed by atoms with Crippen LogP contribution in [0.15, 0.2) is 33.4 Å². The highest BCUT2D eigenvalue weighted by Gasteiger charge is 2.22. The maximum atomic E-state index is 12.0. The fourth-order valence-corrected chi connectivity index (χ4v) is 2.11. The van der Waals surface area contributed by atoms with Gasteiger partial charge in [-0.2, -0.15) is 11.8 Å². The topological polar surface area (TPSA) is 106 Å². The van der Waals surface area contributed by atoms with Gasteiger partial charge in [-0.15, -0.1) is 0 Å². The molecule has 0 saturated carbocycles. The Hall–Kier alpha value is -2.22. The third-order valence-electron chi connectivity index (χ3n) is 2.72. The SMILES string of the molecule is CSCC[C@@H](NC(=O)c1cc(-c2ccco2)on1)C(=O)O. The first-order valence-electron chi connectivity index (χ1n) is 6.15. The molecule has 2 rings (SSSR count). The van der Waals surface area contributed by atoms with E-state index in [0.29, 0.717) is 23.7 Å². The Morgan fingerprint density at radius 3 is 2.90 bits per heavy atom. The second-order valence-electron chi connectivity index (χ2n) is 4.20. The largest absolute Gasteiger partial charge is 0.480 e. The molecule has 112 valence electrons. The summed E-state index contributed by atoms with van der Waals surface area (Å²) >= 11 is 1.51. The number of carbonyl (C=O) groups excluding carboxylic acids is 1. The second kappa shape index (κ2) is 6.98. The lowest BCUT2D eigenvalue weighted by atomic mass is 10.2. The van der Waals surface area contributed by atoms with Crippen molar-refractivity contribution in [2.24, 2.45) is 0 Å². The van der Waals surface area contributed by atoms with Gasteiger partial charge in [0.15, 0.2) is 11.5 Å². The van der Waals surface area contributed by atoms with Gasteiger partial charge in [0, 0.05) is 6.07 Å². The number of rotatable bonds is 7. The van der Waals surface area contributed by atoms with Crippen molar-refractivity contribution in [2.75, 3.05) is 12.0 Å². The zero-order valence-electron chi connectivity index (χ0n) is 11.2. The lowest BCUT2D eigenvalue weighted by Gasteiger charge is -2.12. The normalized spacial score (nSPS) is 12.0. The Balaban J connectivity index is 2.04. The van der Waals surface area contributed by atoms with E-state index >= 15 is 0 Å². The summed E-state index contributed by atoms with van der Waals surface area (Å²) in [6.45, 7) is 0. The number of carboxylic acids is 1. The van der Waals surface area contributed by atoms with Gasteiger partial charge in [-0.25, -0.2) is 4.79 Å². The zero-order chi connectivity index (χ0) is 15.2. The molecular weight excluding hydrogens is 296 g/mol. The molecule has 0 aliphatic heterocycles. The summed E-state index contributed by atoms with van der Waals surface area (Å²) in [5, 5.41) is 15.1. The summed E-state index contributed by atoms with van der Waals surface area (Å²) in [7, 11) is 0. The van der Waals surface area contributed by atoms with Gasteiger partial charge in [0.05, 0.1) is 6.26 Å². The van der Waals surface area contributed by atoms with E-state index in [4.69, 9.17) is 14.0 Å². The van der Waals surface area contributed by atoms with E-state index < -0.39 is 17.9 Å². The molecule has 0 unspecified atom stereocenters. The van der Waals surface area contributed by atoms with Crippen LogP contribution in [-0.2, 0) is 4.79 Å². The molecular formula is C13H14N2O5S. The number of thioether (sulfide) groups is 1. The molecule has 8 heteroatoms. The first kappa shape index (κ1) is 15.2. The molecule has 0 fully saturated rings. The lowest BCUT2D eigenvalue weighted by molar-refractivity contribution is -0.139. The van der Waals surface area contributed by atoms with Crippen LogP contribution in [0.1, 0.15) is 16.9 Å². The molecule has 2 N–H and O–H groups in total. The monoisotopic (exact) mass is 310 g/mol. The summed E-state index contributed by atoms with van der Waals surface area (Å²) in [6.07, 6.45) is 3.68. The summed E-state index contributed by atoms with van der Waals surface area (Å²) < 4.78 is 10.1. The maximum Gasteiger partial charge on any atom is 0.326 e. The molecule has 0 aliphatic rings. The fraction of sp³-hybridized carbons (Fsp3) is 0.308. The lowest BCUT2D eigenvalue weighted by Crippen LogP contribution is -2.41. The van der Waals surface area contributed by atoms with Crippen molar-refractivity contribution in [1.82, 2.24) is 10.5 Å². The van der Waals surface area contributed by atoms with E-state index in [-0.39, 0.29) is 5.69 Å². The summed E-state index contributed by atoms with van der Waals surface area (Å²) in [4.78, 5) is 23.1. The minimum atomic E-state index is -1.08. The van der Waals surface area contributed by atoms with Gasteiger partial charge in [-0.1, -0.05) is 5.16 Å². The van der Waals surface area contributed by atoms with Crippen molar-refractivity contribution in [1.29, 1.82) is 0 Å². The first-order valence-corrected chi connectivity index (χ1v) is 7.54. The Morgan fingerprint density at radius 2 is 2.29 bits per heavy atom. The highest BCUT2D eigenvalue weighted by molar-refractivity contribution is 7.98. The number of aromatic nitrogens is 1. The van der Waals surface area contributed by atoms with Gasteiger partial charge < -0.3 is 19.4 Å². The van der Waals surface area contributed by atoms with E-state index in [2.05, 4.69) is 10.5 Å².